The smallest absolute Gasteiger partial charge is 0.389 e. The van der Waals surface area contributed by atoms with Crippen LogP contribution in [0.25, 0.3) is 5.57 Å². The van der Waals surface area contributed by atoms with Gasteiger partial charge in [0.05, 0.1) is 30.1 Å². The topological polar surface area (TPSA) is 119 Å². The van der Waals surface area contributed by atoms with Crippen molar-refractivity contribution in [3.63, 3.8) is 0 Å². The normalized spacial score (nSPS) is 20.1. The monoisotopic (exact) mass is 568 g/mol. The lowest BCUT2D eigenvalue weighted by Crippen LogP contribution is -2.50. The minimum atomic E-state index is -4.15. The van der Waals surface area contributed by atoms with Crippen LogP contribution in [0.3, 0.4) is 0 Å². The van der Waals surface area contributed by atoms with Gasteiger partial charge in [-0.3, -0.25) is 14.3 Å². The zero-order valence-electron chi connectivity index (χ0n) is 21.7. The second-order valence-corrected chi connectivity index (χ2v) is 12.0. The van der Waals surface area contributed by atoms with Gasteiger partial charge in [0.15, 0.2) is 0 Å². The number of benzene rings is 1. The Labute approximate surface area is 224 Å². The molecule has 1 aliphatic heterocycles. The molecular weight excluding hydrogens is 537 g/mol. The van der Waals surface area contributed by atoms with Gasteiger partial charge in [-0.15, -0.1) is 0 Å². The molecule has 1 aromatic carbocycles. The summed E-state index contributed by atoms with van der Waals surface area (Å²) in [4.78, 5) is 26.1. The summed E-state index contributed by atoms with van der Waals surface area (Å²) in [6, 6.07) is 8.93. The Balaban J connectivity index is 1.50. The van der Waals surface area contributed by atoms with Crippen LogP contribution in [0.15, 0.2) is 42.1 Å². The summed E-state index contributed by atoms with van der Waals surface area (Å²) in [5.41, 5.74) is 0.230. The van der Waals surface area contributed by atoms with Gasteiger partial charge < -0.3 is 10.1 Å². The summed E-state index contributed by atoms with van der Waals surface area (Å²) < 4.78 is 69.5. The highest BCUT2D eigenvalue weighted by molar-refractivity contribution is 7.89. The summed E-state index contributed by atoms with van der Waals surface area (Å²) in [5.74, 6) is -1.21. The van der Waals surface area contributed by atoms with E-state index >= 15 is 0 Å². The van der Waals surface area contributed by atoms with Crippen molar-refractivity contribution in [1.29, 1.82) is 0 Å². The molecule has 1 saturated carbocycles. The second-order valence-electron chi connectivity index (χ2n) is 10.2. The molecule has 0 unspecified atom stereocenters. The Morgan fingerprint density at radius 1 is 1.18 bits per heavy atom. The number of ether oxygens (including phenoxy) is 1. The average Bonchev–Trinajstić information content (AvgIpc) is 3.55. The largest absolute Gasteiger partial charge is 0.494 e. The van der Waals surface area contributed by atoms with Crippen molar-refractivity contribution in [2.75, 3.05) is 12.9 Å². The minimum Gasteiger partial charge on any atom is -0.494 e. The number of alkyl halides is 3. The van der Waals surface area contributed by atoms with E-state index in [-0.39, 0.29) is 31.1 Å². The molecule has 1 aliphatic carbocycles. The van der Waals surface area contributed by atoms with E-state index in [1.165, 1.54) is 0 Å². The first-order valence-electron chi connectivity index (χ1n) is 12.7. The molecule has 2 N–H and O–H groups in total. The first-order chi connectivity index (χ1) is 18.2. The zero-order chi connectivity index (χ0) is 28.4. The van der Waals surface area contributed by atoms with Crippen molar-refractivity contribution in [2.45, 2.75) is 69.6 Å². The van der Waals surface area contributed by atoms with Crippen molar-refractivity contribution in [2.24, 2.45) is 0 Å². The molecule has 2 aliphatic rings. The van der Waals surface area contributed by atoms with E-state index in [9.17, 15) is 31.2 Å². The number of hydrogen-bond acceptors (Lipinski definition) is 6. The maximum absolute atomic E-state index is 13.2. The van der Waals surface area contributed by atoms with Crippen LogP contribution in [-0.2, 0) is 25.2 Å². The van der Waals surface area contributed by atoms with Crippen LogP contribution in [0.5, 0.6) is 5.75 Å². The third-order valence-corrected chi connectivity index (χ3v) is 7.21. The van der Waals surface area contributed by atoms with E-state index in [2.05, 4.69) is 10.4 Å². The number of sulfonamides is 1. The van der Waals surface area contributed by atoms with E-state index in [4.69, 9.17) is 4.74 Å². The van der Waals surface area contributed by atoms with Crippen molar-refractivity contribution >= 4 is 27.4 Å². The number of nitrogens with zero attached hydrogens (tertiary/aromatic N) is 2. The van der Waals surface area contributed by atoms with Crippen LogP contribution < -0.4 is 14.8 Å². The van der Waals surface area contributed by atoms with Gasteiger partial charge in [-0.05, 0) is 62.8 Å². The van der Waals surface area contributed by atoms with Gasteiger partial charge in [0.1, 0.15) is 11.3 Å². The number of halogens is 3. The van der Waals surface area contributed by atoms with E-state index in [1.54, 1.807) is 48.1 Å². The van der Waals surface area contributed by atoms with Crippen LogP contribution in [0, 0.1) is 0 Å². The second kappa shape index (κ2) is 11.0. The Morgan fingerprint density at radius 2 is 1.87 bits per heavy atom. The van der Waals surface area contributed by atoms with Crippen LogP contribution in [0.2, 0.25) is 0 Å². The number of carbonyl (C=O) groups excluding carboxylic acids is 2. The average molecular weight is 569 g/mol. The fraction of sp³-hybridized carbons (Fsp3) is 0.500. The maximum Gasteiger partial charge on any atom is 0.389 e. The highest BCUT2D eigenvalue weighted by Crippen LogP contribution is 2.40. The molecule has 2 aromatic rings. The number of nitrogens with one attached hydrogen (secondary N) is 2. The number of rotatable bonds is 11. The number of carbonyl (C=O) groups is 2. The Hall–Kier alpha value is -3.35. The first kappa shape index (κ1) is 28.7. The predicted octanol–water partition coefficient (Wildman–Crippen LogP) is 3.98. The molecule has 39 heavy (non-hydrogen) atoms. The maximum atomic E-state index is 13.2. The molecule has 1 fully saturated rings. The Kier molecular flexibility index (Phi) is 8.10. The number of hydrogen-bond donors (Lipinski definition) is 2. The molecule has 212 valence electrons. The third kappa shape index (κ3) is 7.61. The molecular formula is C26H31F3N4O5S. The van der Waals surface area contributed by atoms with Gasteiger partial charge in [0.2, 0.25) is 10.0 Å². The highest BCUT2D eigenvalue weighted by Gasteiger charge is 2.41. The zero-order valence-corrected chi connectivity index (χ0v) is 22.5. The van der Waals surface area contributed by atoms with Crippen molar-refractivity contribution in [3.8, 4) is 5.75 Å². The van der Waals surface area contributed by atoms with Crippen LogP contribution >= 0.6 is 0 Å². The molecule has 9 nitrogen and oxygen atoms in total. The quantitative estimate of drug-likeness (QED) is 0.313. The molecule has 0 saturated heterocycles. The Bertz CT molecular complexity index is 1360. The lowest BCUT2D eigenvalue weighted by molar-refractivity contribution is -0.135. The van der Waals surface area contributed by atoms with Crippen LogP contribution in [0.4, 0.5) is 13.2 Å². The van der Waals surface area contributed by atoms with Gasteiger partial charge in [0, 0.05) is 24.6 Å². The molecule has 2 amide bonds. The fourth-order valence-corrected chi connectivity index (χ4v) is 4.98. The van der Waals surface area contributed by atoms with Crippen molar-refractivity contribution in [1.82, 2.24) is 19.8 Å². The lowest BCUT2D eigenvalue weighted by Gasteiger charge is -2.37. The molecule has 13 heteroatoms. The molecule has 0 spiro atoms. The van der Waals surface area contributed by atoms with Gasteiger partial charge in [-0.1, -0.05) is 12.1 Å². The van der Waals surface area contributed by atoms with E-state index in [0.29, 0.717) is 29.9 Å². The van der Waals surface area contributed by atoms with Gasteiger partial charge >= 0.3 is 6.18 Å². The molecule has 4 rings (SSSR count). The lowest BCUT2D eigenvalue weighted by atomic mass is 9.79. The summed E-state index contributed by atoms with van der Waals surface area (Å²) in [5, 5.41) is 7.41. The summed E-state index contributed by atoms with van der Waals surface area (Å²) >= 11 is 0. The first-order valence-corrected chi connectivity index (χ1v) is 14.6. The number of aromatic nitrogens is 2. The SMILES string of the molecule is C[C@@]1(c2ccc(OCCCCCC(F)(F)F)cc2)CC(c2ccn(C3CC3)n2)=C(C(=O)NS(C)(=O)=O)C(=O)N1. The summed E-state index contributed by atoms with van der Waals surface area (Å²) in [6.45, 7) is 2.07. The van der Waals surface area contributed by atoms with E-state index < -0.39 is 40.0 Å². The molecule has 2 heterocycles. The molecule has 1 aromatic heterocycles. The van der Waals surface area contributed by atoms with Gasteiger partial charge in [-0.2, -0.15) is 18.3 Å². The van der Waals surface area contributed by atoms with Gasteiger partial charge in [-0.25, -0.2) is 13.1 Å². The van der Waals surface area contributed by atoms with Crippen LogP contribution in [0.1, 0.15) is 69.2 Å². The molecule has 0 bridgehead atoms. The predicted molar refractivity (Wildman–Crippen MR) is 137 cm³/mol. The molecule has 1 atom stereocenters. The summed E-state index contributed by atoms with van der Waals surface area (Å²) in [6.07, 6.45) is 0.773. The Morgan fingerprint density at radius 3 is 2.49 bits per heavy atom. The highest BCUT2D eigenvalue weighted by atomic mass is 32.2. The number of amides is 2. The fourth-order valence-electron chi connectivity index (χ4n) is 4.54. The van der Waals surface area contributed by atoms with Crippen molar-refractivity contribution < 1.29 is 35.9 Å². The standard InChI is InChI=1S/C26H31F3N4O5S/c1-25(17-6-10-19(11-7-17)38-15-5-3-4-13-26(27,28)29)16-20(21-12-14-33(31-21)18-8-9-18)22(23(34)30-25)24(35)32-39(2,36)37/h6-7,10-12,14,18H,3-5,8-9,13,15-16H2,1-2H3,(H,30,34)(H,32,35)/t25-/m0/s1. The molecule has 0 radical (unpaired) electrons. The summed E-state index contributed by atoms with van der Waals surface area (Å²) in [7, 11) is -3.91. The third-order valence-electron chi connectivity index (χ3n) is 6.66. The number of unbranched alkanes of at least 4 members (excludes halogenated alkanes) is 2. The minimum absolute atomic E-state index is 0.0583. The van der Waals surface area contributed by atoms with Gasteiger partial charge in [0.25, 0.3) is 11.8 Å². The van der Waals surface area contributed by atoms with E-state index in [0.717, 1.165) is 24.7 Å². The van der Waals surface area contributed by atoms with Crippen molar-refractivity contribution in [3.05, 3.63) is 53.4 Å². The van der Waals surface area contributed by atoms with E-state index in [1.807, 2.05) is 4.72 Å². The van der Waals surface area contributed by atoms with Crippen LogP contribution in [-0.4, -0.2) is 49.1 Å².